The number of rotatable bonds is 6. The van der Waals surface area contributed by atoms with Crippen LogP contribution in [0.25, 0.3) is 6.08 Å². The number of hydrogen-bond acceptors (Lipinski definition) is 6. The van der Waals surface area contributed by atoms with Gasteiger partial charge in [-0.25, -0.2) is 0 Å². The first-order valence-corrected chi connectivity index (χ1v) is 10.1. The Kier molecular flexibility index (Phi) is 6.82. The SMILES string of the molecule is CCN1C(=O)/C(=C\c2ccc(OC)c(OC)c2OC)C(=O)N(c2ccc(Cl)cc2)C1=S. The lowest BCUT2D eigenvalue weighted by Gasteiger charge is -2.36. The van der Waals surface area contributed by atoms with E-state index in [9.17, 15) is 9.59 Å². The molecule has 9 heteroatoms. The second-order valence-corrected chi connectivity index (χ2v) is 7.23. The number of hydrogen-bond donors (Lipinski definition) is 0. The molecule has 0 radical (unpaired) electrons. The minimum Gasteiger partial charge on any atom is -0.493 e. The number of methoxy groups -OCH3 is 3. The molecule has 0 saturated carbocycles. The lowest BCUT2D eigenvalue weighted by molar-refractivity contribution is -0.127. The first-order chi connectivity index (χ1) is 14.9. The molecule has 0 atom stereocenters. The van der Waals surface area contributed by atoms with Gasteiger partial charge >= 0.3 is 0 Å². The summed E-state index contributed by atoms with van der Waals surface area (Å²) in [5, 5.41) is 0.629. The summed E-state index contributed by atoms with van der Waals surface area (Å²) in [7, 11) is 4.46. The van der Waals surface area contributed by atoms with Crippen molar-refractivity contribution in [3.63, 3.8) is 0 Å². The maximum atomic E-state index is 13.4. The third-order valence-corrected chi connectivity index (χ3v) is 5.42. The molecule has 7 nitrogen and oxygen atoms in total. The van der Waals surface area contributed by atoms with Gasteiger partial charge in [0.25, 0.3) is 11.8 Å². The zero-order chi connectivity index (χ0) is 22.7. The number of anilines is 1. The molecule has 0 aromatic heterocycles. The van der Waals surface area contributed by atoms with Crippen LogP contribution in [0, 0.1) is 0 Å². The average Bonchev–Trinajstić information content (AvgIpc) is 2.77. The van der Waals surface area contributed by atoms with E-state index in [4.69, 9.17) is 38.0 Å². The third kappa shape index (κ3) is 4.08. The molecule has 1 fully saturated rings. The maximum absolute atomic E-state index is 13.4. The summed E-state index contributed by atoms with van der Waals surface area (Å²) in [6, 6.07) is 10.0. The molecule has 0 unspecified atom stereocenters. The van der Waals surface area contributed by atoms with Crippen LogP contribution in [0.3, 0.4) is 0 Å². The van der Waals surface area contributed by atoms with Gasteiger partial charge in [0.05, 0.1) is 27.0 Å². The summed E-state index contributed by atoms with van der Waals surface area (Å²) in [6.45, 7) is 2.09. The fourth-order valence-electron chi connectivity index (χ4n) is 3.27. The normalized spacial score (nSPS) is 15.5. The number of ether oxygens (including phenoxy) is 3. The smallest absolute Gasteiger partial charge is 0.270 e. The van der Waals surface area contributed by atoms with Crippen LogP contribution in [0.2, 0.25) is 5.02 Å². The Hall–Kier alpha value is -3.10. The Balaban J connectivity index is 2.16. The van der Waals surface area contributed by atoms with E-state index < -0.39 is 11.8 Å². The number of halogens is 1. The fourth-order valence-corrected chi connectivity index (χ4v) is 3.79. The van der Waals surface area contributed by atoms with Crippen molar-refractivity contribution in [1.29, 1.82) is 0 Å². The van der Waals surface area contributed by atoms with Crippen molar-refractivity contribution < 1.29 is 23.8 Å². The van der Waals surface area contributed by atoms with Crippen molar-refractivity contribution in [3.05, 3.63) is 52.6 Å². The highest BCUT2D eigenvalue weighted by Crippen LogP contribution is 2.41. The van der Waals surface area contributed by atoms with Gasteiger partial charge < -0.3 is 14.2 Å². The van der Waals surface area contributed by atoms with Crippen LogP contribution in [0.5, 0.6) is 17.2 Å². The van der Waals surface area contributed by atoms with Crippen LogP contribution < -0.4 is 19.1 Å². The van der Waals surface area contributed by atoms with Crippen LogP contribution in [-0.4, -0.2) is 49.7 Å². The van der Waals surface area contributed by atoms with Crippen LogP contribution in [0.1, 0.15) is 12.5 Å². The second kappa shape index (κ2) is 9.36. The van der Waals surface area contributed by atoms with Gasteiger partial charge in [-0.3, -0.25) is 19.4 Å². The number of carbonyl (C=O) groups is 2. The summed E-state index contributed by atoms with van der Waals surface area (Å²) < 4.78 is 16.2. The molecule has 1 aliphatic heterocycles. The Morgan fingerprint density at radius 2 is 1.58 bits per heavy atom. The van der Waals surface area contributed by atoms with Gasteiger partial charge in [0.2, 0.25) is 5.75 Å². The van der Waals surface area contributed by atoms with Crippen molar-refractivity contribution in [2.24, 2.45) is 0 Å². The molecule has 1 heterocycles. The largest absolute Gasteiger partial charge is 0.493 e. The Bertz CT molecular complexity index is 1070. The molecule has 0 aliphatic carbocycles. The van der Waals surface area contributed by atoms with E-state index in [1.165, 1.54) is 37.2 Å². The summed E-state index contributed by atoms with van der Waals surface area (Å²) in [6.07, 6.45) is 1.47. The highest BCUT2D eigenvalue weighted by molar-refractivity contribution is 7.80. The first kappa shape index (κ1) is 22.6. The monoisotopic (exact) mass is 460 g/mol. The molecule has 2 aromatic rings. The number of likely N-dealkylation sites (N-methyl/N-ethyl adjacent to an activating group) is 1. The molecule has 0 N–H and O–H groups in total. The standard InChI is InChI=1S/C22H21ClN2O5S/c1-5-24-20(26)16(12-13-6-11-17(28-2)19(30-4)18(13)29-3)21(27)25(22(24)31)15-9-7-14(23)8-10-15/h6-12H,5H2,1-4H3/b16-12+. The van der Waals surface area contributed by atoms with Crippen molar-refractivity contribution in [2.75, 3.05) is 32.8 Å². The number of amides is 2. The summed E-state index contributed by atoms with van der Waals surface area (Å²) in [5.41, 5.74) is 0.934. The van der Waals surface area contributed by atoms with E-state index in [1.54, 1.807) is 43.3 Å². The van der Waals surface area contributed by atoms with Gasteiger partial charge in [-0.05, 0) is 61.6 Å². The second-order valence-electron chi connectivity index (χ2n) is 6.43. The van der Waals surface area contributed by atoms with E-state index in [0.29, 0.717) is 40.1 Å². The van der Waals surface area contributed by atoms with E-state index in [-0.39, 0.29) is 10.7 Å². The number of benzene rings is 2. The number of carbonyl (C=O) groups excluding carboxylic acids is 2. The van der Waals surface area contributed by atoms with Crippen molar-refractivity contribution in [2.45, 2.75) is 6.92 Å². The highest BCUT2D eigenvalue weighted by Gasteiger charge is 2.39. The number of thiocarbonyl (C=S) groups is 1. The van der Waals surface area contributed by atoms with E-state index in [2.05, 4.69) is 0 Å². The van der Waals surface area contributed by atoms with Crippen molar-refractivity contribution in [1.82, 2.24) is 4.90 Å². The quantitative estimate of drug-likeness (QED) is 0.369. The summed E-state index contributed by atoms with van der Waals surface area (Å²) in [4.78, 5) is 29.1. The van der Waals surface area contributed by atoms with Crippen molar-refractivity contribution >= 4 is 52.5 Å². The molecular formula is C22H21ClN2O5S. The summed E-state index contributed by atoms with van der Waals surface area (Å²) in [5.74, 6) is 0.122. The lowest BCUT2D eigenvalue weighted by atomic mass is 10.0. The maximum Gasteiger partial charge on any atom is 0.270 e. The minimum absolute atomic E-state index is 0.0593. The van der Waals surface area contributed by atoms with Gasteiger partial charge in [0.1, 0.15) is 5.57 Å². The Morgan fingerprint density at radius 3 is 2.13 bits per heavy atom. The van der Waals surface area contributed by atoms with Crippen LogP contribution >= 0.6 is 23.8 Å². The molecular weight excluding hydrogens is 440 g/mol. The van der Waals surface area contributed by atoms with E-state index in [0.717, 1.165) is 0 Å². The fraction of sp³-hybridized carbons (Fsp3) is 0.227. The molecule has 1 saturated heterocycles. The predicted molar refractivity (Wildman–Crippen MR) is 123 cm³/mol. The molecule has 0 bridgehead atoms. The van der Waals surface area contributed by atoms with Crippen LogP contribution in [-0.2, 0) is 9.59 Å². The number of nitrogens with zero attached hydrogens (tertiary/aromatic N) is 2. The van der Waals surface area contributed by atoms with Gasteiger partial charge in [0, 0.05) is 17.1 Å². The lowest BCUT2D eigenvalue weighted by Crippen LogP contribution is -2.56. The van der Waals surface area contributed by atoms with Crippen LogP contribution in [0.4, 0.5) is 5.69 Å². The third-order valence-electron chi connectivity index (χ3n) is 4.77. The molecule has 0 spiro atoms. The molecule has 2 amide bonds. The zero-order valence-electron chi connectivity index (χ0n) is 17.5. The summed E-state index contributed by atoms with van der Waals surface area (Å²) >= 11 is 11.4. The van der Waals surface area contributed by atoms with Crippen molar-refractivity contribution in [3.8, 4) is 17.2 Å². The minimum atomic E-state index is -0.543. The molecule has 31 heavy (non-hydrogen) atoms. The molecule has 1 aliphatic rings. The highest BCUT2D eigenvalue weighted by atomic mass is 35.5. The van der Waals surface area contributed by atoms with Gasteiger partial charge in [0.15, 0.2) is 16.6 Å². The molecule has 2 aromatic carbocycles. The molecule has 162 valence electrons. The van der Waals surface area contributed by atoms with Gasteiger partial charge in [-0.2, -0.15) is 0 Å². The van der Waals surface area contributed by atoms with Gasteiger partial charge in [-0.1, -0.05) is 11.6 Å². The van der Waals surface area contributed by atoms with Crippen LogP contribution in [0.15, 0.2) is 42.0 Å². The zero-order valence-corrected chi connectivity index (χ0v) is 19.0. The van der Waals surface area contributed by atoms with E-state index in [1.807, 2.05) is 0 Å². The topological polar surface area (TPSA) is 68.3 Å². The predicted octanol–water partition coefficient (Wildman–Crippen LogP) is 3.93. The average molecular weight is 461 g/mol. The Morgan fingerprint density at radius 1 is 0.935 bits per heavy atom. The van der Waals surface area contributed by atoms with Gasteiger partial charge in [-0.15, -0.1) is 0 Å². The molecule has 3 rings (SSSR count). The first-order valence-electron chi connectivity index (χ1n) is 9.34. The van der Waals surface area contributed by atoms with E-state index >= 15 is 0 Å². The Labute approximate surface area is 190 Å².